The summed E-state index contributed by atoms with van der Waals surface area (Å²) in [5, 5.41) is 0. The first-order chi connectivity index (χ1) is 3.41. The zero-order valence-corrected chi connectivity index (χ0v) is 4.85. The predicted molar refractivity (Wildman–Crippen MR) is 33.0 cm³/mol. The fourth-order valence-electron chi connectivity index (χ4n) is 0.418. The Morgan fingerprint density at radius 3 is 2.71 bits per heavy atom. The molecule has 0 aromatic heterocycles. The van der Waals surface area contributed by atoms with Gasteiger partial charge < -0.3 is 0 Å². The van der Waals surface area contributed by atoms with E-state index < -0.39 is 0 Å². The Morgan fingerprint density at radius 1 is 1.57 bits per heavy atom. The van der Waals surface area contributed by atoms with E-state index in [-0.39, 0.29) is 0 Å². The number of hydrogen-bond acceptors (Lipinski definition) is 0. The van der Waals surface area contributed by atoms with E-state index in [0.717, 1.165) is 6.42 Å². The normalized spacial score (nSPS) is 10.6. The third kappa shape index (κ3) is 5.74. The second-order valence-corrected chi connectivity index (χ2v) is 1.57. The molecule has 40 valence electrons. The molecular weight excluding hydrogens is 84.1 g/mol. The zero-order chi connectivity index (χ0) is 5.54. The molecule has 0 unspecified atom stereocenters. The number of rotatable bonds is 3. The average molecular weight is 96.2 g/mol. The van der Waals surface area contributed by atoms with Crippen LogP contribution in [0.15, 0.2) is 12.2 Å². The van der Waals surface area contributed by atoms with Crippen molar-refractivity contribution in [3.05, 3.63) is 19.1 Å². The van der Waals surface area contributed by atoms with Gasteiger partial charge in [0.2, 0.25) is 0 Å². The van der Waals surface area contributed by atoms with Crippen molar-refractivity contribution >= 4 is 0 Å². The van der Waals surface area contributed by atoms with Gasteiger partial charge in [0.15, 0.2) is 0 Å². The van der Waals surface area contributed by atoms with Crippen molar-refractivity contribution in [1.29, 1.82) is 0 Å². The van der Waals surface area contributed by atoms with E-state index in [1.165, 1.54) is 12.8 Å². The molecule has 0 aliphatic heterocycles. The molecule has 0 saturated carbocycles. The van der Waals surface area contributed by atoms with E-state index in [1.807, 2.05) is 6.08 Å². The molecule has 0 aromatic rings. The van der Waals surface area contributed by atoms with Crippen LogP contribution >= 0.6 is 0 Å². The van der Waals surface area contributed by atoms with E-state index in [9.17, 15) is 0 Å². The molecule has 0 fully saturated rings. The summed E-state index contributed by atoms with van der Waals surface area (Å²) in [5.74, 6) is 0. The predicted octanol–water partition coefficient (Wildman–Crippen LogP) is 2.44. The maximum atomic E-state index is 5.09. The highest BCUT2D eigenvalue weighted by Crippen LogP contribution is 1.93. The van der Waals surface area contributed by atoms with Crippen molar-refractivity contribution < 1.29 is 0 Å². The fraction of sp³-hybridized carbons (Fsp3) is 0.571. The Hall–Kier alpha value is -0.260. The lowest BCUT2D eigenvalue weighted by atomic mass is 10.2. The lowest BCUT2D eigenvalue weighted by Gasteiger charge is -1.83. The highest BCUT2D eigenvalue weighted by molar-refractivity contribution is 4.82. The Kier molecular flexibility index (Phi) is 5.53. The Balaban J connectivity index is 2.69. The van der Waals surface area contributed by atoms with Gasteiger partial charge in [0.1, 0.15) is 0 Å². The van der Waals surface area contributed by atoms with Gasteiger partial charge >= 0.3 is 0 Å². The first kappa shape index (κ1) is 6.74. The van der Waals surface area contributed by atoms with Crippen molar-refractivity contribution in [1.82, 2.24) is 0 Å². The minimum atomic E-state index is 1.13. The third-order valence-electron chi connectivity index (χ3n) is 0.860. The molecule has 0 nitrogen and oxygen atoms in total. The smallest absolute Gasteiger partial charge is 0.00958 e. The molecule has 0 aliphatic rings. The highest BCUT2D eigenvalue weighted by atomic mass is 13.8. The number of allylic oxidation sites excluding steroid dienone is 2. The maximum Gasteiger partial charge on any atom is -0.00958 e. The zero-order valence-electron chi connectivity index (χ0n) is 4.85. The van der Waals surface area contributed by atoms with Crippen LogP contribution < -0.4 is 0 Å². The van der Waals surface area contributed by atoms with Crippen LogP contribution in [0.25, 0.3) is 0 Å². The van der Waals surface area contributed by atoms with E-state index in [2.05, 4.69) is 6.92 Å². The molecule has 0 N–H and O–H groups in total. The van der Waals surface area contributed by atoms with E-state index in [1.54, 1.807) is 6.08 Å². The molecular formula is C7H12. The summed E-state index contributed by atoms with van der Waals surface area (Å²) in [6.45, 7) is 7.26. The molecule has 0 saturated heterocycles. The van der Waals surface area contributed by atoms with Crippen LogP contribution in [0.5, 0.6) is 0 Å². The van der Waals surface area contributed by atoms with Crippen molar-refractivity contribution in [2.24, 2.45) is 0 Å². The van der Waals surface area contributed by atoms with Gasteiger partial charge in [-0.15, -0.1) is 0 Å². The highest BCUT2D eigenvalue weighted by Gasteiger charge is 1.73. The van der Waals surface area contributed by atoms with Gasteiger partial charge in [0.25, 0.3) is 0 Å². The summed E-state index contributed by atoms with van der Waals surface area (Å²) in [6.07, 6.45) is 7.24. The third-order valence-corrected chi connectivity index (χ3v) is 0.860. The second kappa shape index (κ2) is 5.74. The average Bonchev–Trinajstić information content (AvgIpc) is 1.69. The van der Waals surface area contributed by atoms with Crippen LogP contribution in [0, 0.1) is 6.92 Å². The van der Waals surface area contributed by atoms with Gasteiger partial charge in [-0.3, -0.25) is 0 Å². The van der Waals surface area contributed by atoms with Gasteiger partial charge in [-0.2, -0.15) is 0 Å². The fourth-order valence-corrected chi connectivity index (χ4v) is 0.418. The van der Waals surface area contributed by atoms with E-state index >= 15 is 0 Å². The summed E-state index contributed by atoms with van der Waals surface area (Å²) in [5.41, 5.74) is 0. The number of unbranched alkanes of at least 4 members (excludes halogenated alkanes) is 2. The monoisotopic (exact) mass is 96.1 g/mol. The lowest BCUT2D eigenvalue weighted by molar-refractivity contribution is 0.815. The van der Waals surface area contributed by atoms with Gasteiger partial charge in [-0.1, -0.05) is 31.9 Å². The standard InChI is InChI=1S/C7H12/c1-3-5-7-6-4-2/h1,3,5H,4,6-7H2,2H3/b5-3-. The minimum absolute atomic E-state index is 1.13. The molecule has 0 rings (SSSR count). The van der Waals surface area contributed by atoms with E-state index in [0.29, 0.717) is 0 Å². The van der Waals surface area contributed by atoms with Crippen LogP contribution in [0.4, 0.5) is 0 Å². The quantitative estimate of drug-likeness (QED) is 0.473. The Bertz CT molecular complexity index is 44.0. The maximum absolute atomic E-state index is 5.09. The lowest BCUT2D eigenvalue weighted by Crippen LogP contribution is -1.63. The molecule has 0 heterocycles. The second-order valence-electron chi connectivity index (χ2n) is 1.57. The molecule has 0 spiro atoms. The Morgan fingerprint density at radius 2 is 2.29 bits per heavy atom. The molecule has 0 amide bonds. The molecule has 0 bridgehead atoms. The molecule has 0 atom stereocenters. The minimum Gasteiger partial charge on any atom is -0.0882 e. The van der Waals surface area contributed by atoms with Crippen LogP contribution in [0.3, 0.4) is 0 Å². The summed E-state index contributed by atoms with van der Waals surface area (Å²) in [4.78, 5) is 0. The van der Waals surface area contributed by atoms with Gasteiger partial charge in [0, 0.05) is 0 Å². The van der Waals surface area contributed by atoms with Crippen LogP contribution in [-0.2, 0) is 0 Å². The molecule has 2 radical (unpaired) electrons. The van der Waals surface area contributed by atoms with Crippen molar-refractivity contribution in [2.45, 2.75) is 26.2 Å². The van der Waals surface area contributed by atoms with E-state index in [4.69, 9.17) is 6.92 Å². The topological polar surface area (TPSA) is 0 Å². The molecule has 0 aliphatic carbocycles. The first-order valence-corrected chi connectivity index (χ1v) is 2.78. The van der Waals surface area contributed by atoms with Gasteiger partial charge in [-0.05, 0) is 13.3 Å². The Labute approximate surface area is 46.2 Å². The van der Waals surface area contributed by atoms with Crippen LogP contribution in [-0.4, -0.2) is 0 Å². The van der Waals surface area contributed by atoms with Gasteiger partial charge in [-0.25, -0.2) is 0 Å². The van der Waals surface area contributed by atoms with Crippen molar-refractivity contribution in [3.63, 3.8) is 0 Å². The summed E-state index contributed by atoms with van der Waals surface area (Å²) < 4.78 is 0. The largest absolute Gasteiger partial charge is 0.0882 e. The summed E-state index contributed by atoms with van der Waals surface area (Å²) in [6, 6.07) is 0. The first-order valence-electron chi connectivity index (χ1n) is 2.78. The van der Waals surface area contributed by atoms with Crippen LogP contribution in [0.2, 0.25) is 0 Å². The van der Waals surface area contributed by atoms with Crippen LogP contribution in [0.1, 0.15) is 26.2 Å². The SMILES string of the molecule is [CH]/C=C\CCCC. The number of hydrogen-bond donors (Lipinski definition) is 0. The summed E-state index contributed by atoms with van der Waals surface area (Å²) in [7, 11) is 0. The van der Waals surface area contributed by atoms with Crippen molar-refractivity contribution in [3.8, 4) is 0 Å². The molecule has 0 aromatic carbocycles. The van der Waals surface area contributed by atoms with Gasteiger partial charge in [0.05, 0.1) is 0 Å². The molecule has 0 heteroatoms. The van der Waals surface area contributed by atoms with Crippen molar-refractivity contribution in [2.75, 3.05) is 0 Å². The molecule has 7 heavy (non-hydrogen) atoms. The summed E-state index contributed by atoms with van der Waals surface area (Å²) >= 11 is 0.